The van der Waals surface area contributed by atoms with Gasteiger partial charge in [0, 0.05) is 25.7 Å². The van der Waals surface area contributed by atoms with E-state index in [0.717, 1.165) is 108 Å². The molecule has 0 spiro atoms. The van der Waals surface area contributed by atoms with E-state index in [1.807, 2.05) is 0 Å². The minimum atomic E-state index is -4.95. The molecule has 0 rings (SSSR count). The first kappa shape index (κ1) is 89.1. The number of unbranched alkanes of at least 4 members (excludes halogenated alkanes) is 33. The number of hydrogen-bond donors (Lipinski definition) is 3. The monoisotopic (exact) mass is 1340 g/mol. The molecule has 540 valence electrons. The van der Waals surface area contributed by atoms with Crippen LogP contribution < -0.4 is 0 Å². The number of rotatable bonds is 69. The van der Waals surface area contributed by atoms with E-state index in [0.29, 0.717) is 31.6 Å². The highest BCUT2D eigenvalue weighted by molar-refractivity contribution is 7.47. The molecule has 0 saturated carbocycles. The molecule has 0 saturated heterocycles. The third-order valence-corrected chi connectivity index (χ3v) is 19.2. The van der Waals surface area contributed by atoms with Crippen LogP contribution in [0.5, 0.6) is 0 Å². The van der Waals surface area contributed by atoms with Crippen molar-refractivity contribution in [3.05, 3.63) is 0 Å². The van der Waals surface area contributed by atoms with Gasteiger partial charge in [0.15, 0.2) is 12.2 Å². The van der Waals surface area contributed by atoms with Crippen LogP contribution in [0.1, 0.15) is 357 Å². The predicted octanol–water partition coefficient (Wildman–Crippen LogP) is 20.5. The fourth-order valence-corrected chi connectivity index (χ4v) is 12.4. The molecule has 0 aliphatic rings. The summed E-state index contributed by atoms with van der Waals surface area (Å²) in [4.78, 5) is 72.6. The van der Waals surface area contributed by atoms with Crippen molar-refractivity contribution in [1.29, 1.82) is 0 Å². The van der Waals surface area contributed by atoms with Crippen molar-refractivity contribution in [2.24, 2.45) is 23.7 Å². The van der Waals surface area contributed by atoms with Gasteiger partial charge in [0.25, 0.3) is 0 Å². The summed E-state index contributed by atoms with van der Waals surface area (Å²) < 4.78 is 68.3. The van der Waals surface area contributed by atoms with E-state index in [1.165, 1.54) is 161 Å². The highest BCUT2D eigenvalue weighted by atomic mass is 31.2. The van der Waals surface area contributed by atoms with Crippen LogP contribution in [0.4, 0.5) is 0 Å². The molecule has 0 aromatic heterocycles. The smallest absolute Gasteiger partial charge is 0.462 e. The Labute approximate surface area is 556 Å². The average molecular weight is 1340 g/mol. The lowest BCUT2D eigenvalue weighted by Crippen LogP contribution is -2.30. The van der Waals surface area contributed by atoms with Gasteiger partial charge in [0.1, 0.15) is 19.3 Å². The number of esters is 4. The summed E-state index contributed by atoms with van der Waals surface area (Å²) in [7, 11) is -9.90. The number of hydrogen-bond acceptors (Lipinski definition) is 15. The molecular weight excluding hydrogens is 1200 g/mol. The SMILES string of the molecule is CCC(C)CCCCCCCCCCCCCCCCC(=O)OC[C@H](COP(=O)(O)OCC(O)COP(=O)(O)OC[C@@H](COC(=O)CCCCCCCCCCC(C)C)OC(=O)CCCCCCCCCC(C)C)OC(=O)CCCCCCCCCCC(C)CC. The summed E-state index contributed by atoms with van der Waals surface area (Å²) in [6.07, 6.45) is 44.5. The molecule has 5 unspecified atom stereocenters. The van der Waals surface area contributed by atoms with Crippen LogP contribution in [0.15, 0.2) is 0 Å². The molecule has 0 amide bonds. The molecular formula is C72H140O17P2. The van der Waals surface area contributed by atoms with Gasteiger partial charge in [-0.05, 0) is 49.4 Å². The van der Waals surface area contributed by atoms with Gasteiger partial charge >= 0.3 is 39.5 Å². The second-order valence-electron chi connectivity index (χ2n) is 27.4. The van der Waals surface area contributed by atoms with Crippen molar-refractivity contribution in [3.63, 3.8) is 0 Å². The summed E-state index contributed by atoms with van der Waals surface area (Å²) in [6, 6.07) is 0. The van der Waals surface area contributed by atoms with E-state index < -0.39 is 97.5 Å². The highest BCUT2D eigenvalue weighted by Gasteiger charge is 2.30. The molecule has 91 heavy (non-hydrogen) atoms. The van der Waals surface area contributed by atoms with Gasteiger partial charge in [-0.25, -0.2) is 9.13 Å². The number of carbonyl (C=O) groups is 4. The average Bonchev–Trinajstić information content (AvgIpc) is 3.56. The zero-order chi connectivity index (χ0) is 67.5. The Kier molecular flexibility index (Phi) is 60.3. The van der Waals surface area contributed by atoms with Gasteiger partial charge in [-0.2, -0.15) is 0 Å². The molecule has 0 aliphatic heterocycles. The normalized spacial score (nSPS) is 14.8. The second-order valence-corrected chi connectivity index (χ2v) is 30.3. The minimum Gasteiger partial charge on any atom is -0.462 e. The van der Waals surface area contributed by atoms with Crippen molar-refractivity contribution >= 4 is 39.5 Å². The van der Waals surface area contributed by atoms with Gasteiger partial charge in [-0.15, -0.1) is 0 Å². The van der Waals surface area contributed by atoms with Gasteiger partial charge in [0.05, 0.1) is 26.4 Å². The Morgan fingerprint density at radius 1 is 0.308 bits per heavy atom. The lowest BCUT2D eigenvalue weighted by atomic mass is 9.99. The van der Waals surface area contributed by atoms with Crippen molar-refractivity contribution in [1.82, 2.24) is 0 Å². The Morgan fingerprint density at radius 2 is 0.527 bits per heavy atom. The first-order chi connectivity index (χ1) is 43.7. The third-order valence-electron chi connectivity index (χ3n) is 17.3. The lowest BCUT2D eigenvalue weighted by Gasteiger charge is -2.21. The predicted molar refractivity (Wildman–Crippen MR) is 367 cm³/mol. The fourth-order valence-electron chi connectivity index (χ4n) is 10.8. The van der Waals surface area contributed by atoms with Gasteiger partial charge in [0.2, 0.25) is 0 Å². The van der Waals surface area contributed by atoms with Crippen molar-refractivity contribution < 1.29 is 80.2 Å². The third kappa shape index (κ3) is 63.9. The molecule has 7 atom stereocenters. The van der Waals surface area contributed by atoms with Crippen LogP contribution in [-0.2, 0) is 65.4 Å². The second kappa shape index (κ2) is 61.6. The molecule has 19 heteroatoms. The molecule has 0 heterocycles. The summed E-state index contributed by atoms with van der Waals surface area (Å²) in [5, 5.41) is 10.6. The summed E-state index contributed by atoms with van der Waals surface area (Å²) in [5.74, 6) is 0.911. The zero-order valence-corrected chi connectivity index (χ0v) is 61.3. The number of aliphatic hydroxyl groups is 1. The molecule has 17 nitrogen and oxygen atoms in total. The topological polar surface area (TPSA) is 237 Å². The number of phosphoric acid groups is 2. The molecule has 0 fully saturated rings. The van der Waals surface area contributed by atoms with Crippen LogP contribution >= 0.6 is 15.6 Å². The van der Waals surface area contributed by atoms with Crippen LogP contribution in [0.3, 0.4) is 0 Å². The molecule has 3 N–H and O–H groups in total. The van der Waals surface area contributed by atoms with E-state index in [-0.39, 0.29) is 25.7 Å². The van der Waals surface area contributed by atoms with E-state index in [2.05, 4.69) is 55.4 Å². The van der Waals surface area contributed by atoms with Crippen LogP contribution in [0.25, 0.3) is 0 Å². The molecule has 0 aromatic carbocycles. The van der Waals surface area contributed by atoms with Crippen LogP contribution in [0, 0.1) is 23.7 Å². The lowest BCUT2D eigenvalue weighted by molar-refractivity contribution is -0.161. The maximum Gasteiger partial charge on any atom is 0.472 e. The first-order valence-corrected chi connectivity index (χ1v) is 40.3. The van der Waals surface area contributed by atoms with Crippen molar-refractivity contribution in [2.75, 3.05) is 39.6 Å². The number of carbonyl (C=O) groups excluding carboxylic acids is 4. The molecule has 0 radical (unpaired) electrons. The van der Waals surface area contributed by atoms with E-state index in [1.54, 1.807) is 0 Å². The zero-order valence-electron chi connectivity index (χ0n) is 59.5. The van der Waals surface area contributed by atoms with Crippen molar-refractivity contribution in [3.8, 4) is 0 Å². The van der Waals surface area contributed by atoms with E-state index >= 15 is 0 Å². The van der Waals surface area contributed by atoms with Crippen LogP contribution in [0.2, 0.25) is 0 Å². The van der Waals surface area contributed by atoms with Gasteiger partial charge < -0.3 is 33.8 Å². The first-order valence-electron chi connectivity index (χ1n) is 37.3. The molecule has 0 aliphatic carbocycles. The number of aliphatic hydroxyl groups excluding tert-OH is 1. The maximum atomic E-state index is 13.0. The number of phosphoric ester groups is 2. The standard InChI is InChI=1S/C72H140O17P2/c1-9-64(7)50-42-34-26-17-15-13-11-12-14-16-18-28-36-44-52-69(74)82-58-67(88-71(76)54-46-38-30-22-20-27-35-43-51-65(8)10-2)60-86-90(78,79)84-56-66(73)57-85-91(80,81)87-61-68(89-72(77)55-47-39-31-23-25-33-41-49-63(5)6)59-83-70(75)53-45-37-29-21-19-24-32-40-48-62(3)4/h62-68,73H,9-61H2,1-8H3,(H,78,79)(H,80,81)/t64?,65?,66?,67-,68-/m1/s1. The largest absolute Gasteiger partial charge is 0.472 e. The quantitative estimate of drug-likeness (QED) is 0.0222. The van der Waals surface area contributed by atoms with Crippen LogP contribution in [-0.4, -0.2) is 96.7 Å². The Morgan fingerprint density at radius 3 is 0.780 bits per heavy atom. The molecule has 0 aromatic rings. The minimum absolute atomic E-state index is 0.102. The van der Waals surface area contributed by atoms with E-state index in [9.17, 15) is 43.2 Å². The summed E-state index contributed by atoms with van der Waals surface area (Å²) in [5.41, 5.74) is 0. The summed E-state index contributed by atoms with van der Waals surface area (Å²) >= 11 is 0. The van der Waals surface area contributed by atoms with Crippen molar-refractivity contribution in [2.45, 2.75) is 375 Å². The van der Waals surface area contributed by atoms with Gasteiger partial charge in [-0.1, -0.05) is 306 Å². The van der Waals surface area contributed by atoms with Gasteiger partial charge in [-0.3, -0.25) is 37.3 Å². The Balaban J connectivity index is 5.22. The Hall–Kier alpha value is -1.94. The maximum absolute atomic E-state index is 13.0. The number of ether oxygens (including phenoxy) is 4. The Bertz CT molecular complexity index is 1800. The summed E-state index contributed by atoms with van der Waals surface area (Å²) in [6.45, 7) is 14.1. The highest BCUT2D eigenvalue weighted by Crippen LogP contribution is 2.45. The van der Waals surface area contributed by atoms with E-state index in [4.69, 9.17) is 37.0 Å². The fraction of sp³-hybridized carbons (Fsp3) is 0.944. The molecule has 0 bridgehead atoms.